The van der Waals surface area contributed by atoms with E-state index in [-0.39, 0.29) is 10.8 Å². The van der Waals surface area contributed by atoms with Crippen LogP contribution < -0.4 is 20.4 Å². The third-order valence-corrected chi connectivity index (χ3v) is 17.7. The molecule has 0 bridgehead atoms. The highest BCUT2D eigenvalue weighted by Gasteiger charge is 2.31. The molecule has 0 unspecified atom stereocenters. The van der Waals surface area contributed by atoms with E-state index in [1.54, 1.807) is 0 Å². The molecule has 0 spiro atoms. The fraction of sp³-hybridized carbons (Fsp3) is 0.135. The van der Waals surface area contributed by atoms with Crippen LogP contribution >= 0.6 is 0 Å². The van der Waals surface area contributed by atoms with Crippen molar-refractivity contribution in [2.75, 3.05) is 9.80 Å². The topological polar surface area (TPSA) is 41.6 Å². The molecule has 80 heavy (non-hydrogen) atoms. The third-order valence-electron chi connectivity index (χ3n) is 17.7. The van der Waals surface area contributed by atoms with Crippen LogP contribution in [0.4, 0.5) is 28.4 Å². The Labute approximate surface area is 461 Å². The fourth-order valence-corrected chi connectivity index (χ4v) is 14.0. The molecule has 1 aliphatic carbocycles. The first kappa shape index (κ1) is 45.5. The quantitative estimate of drug-likeness (QED) is 0.166. The zero-order valence-corrected chi connectivity index (χ0v) is 45.6. The Kier molecular flexibility index (Phi) is 9.13. The van der Waals surface area contributed by atoms with Gasteiger partial charge in [0.15, 0.2) is 0 Å². The Morgan fingerprint density at radius 1 is 0.375 bits per heavy atom. The van der Waals surface area contributed by atoms with Crippen LogP contribution in [0.2, 0.25) is 0 Å². The minimum Gasteiger partial charge on any atom is -0.456 e. The van der Waals surface area contributed by atoms with E-state index < -0.39 is 0 Å². The molecule has 384 valence electrons. The van der Waals surface area contributed by atoms with E-state index in [1.807, 2.05) is 0 Å². The molecule has 0 aliphatic heterocycles. The lowest BCUT2D eigenvalue weighted by Crippen LogP contribution is -2.33. The number of hydrogen-bond acceptors (Lipinski definition) is 4. The SMILES string of the molecule is CC(C)(C)c1ccc2c(c1)c1c(N(C3=c4c(oc5ccccc45)=CCC3)c3ccccc3)ccc3c4cc5c(cc4n2c31)c1ccc(N(c2ccccc2)c2cccc3oc4ccccc4c23)c2c3cc(C(C)(C)C)ccc3n5c12. The van der Waals surface area contributed by atoms with Crippen LogP contribution in [0.1, 0.15) is 65.5 Å². The average Bonchev–Trinajstić information content (AvgIpc) is 4.40. The van der Waals surface area contributed by atoms with Crippen molar-refractivity contribution in [1.82, 2.24) is 8.80 Å². The molecular weight excluding hydrogens is 977 g/mol. The molecule has 17 rings (SSSR count). The summed E-state index contributed by atoms with van der Waals surface area (Å²) in [6.07, 6.45) is 4.05. The zero-order chi connectivity index (χ0) is 53.5. The normalized spacial score (nSPS) is 13.6. The number of anilines is 5. The van der Waals surface area contributed by atoms with E-state index in [0.717, 1.165) is 73.9 Å². The first-order chi connectivity index (χ1) is 39.0. The molecule has 0 saturated carbocycles. The van der Waals surface area contributed by atoms with Gasteiger partial charge in [-0.2, -0.15) is 0 Å². The van der Waals surface area contributed by atoms with Crippen molar-refractivity contribution in [3.63, 3.8) is 0 Å². The van der Waals surface area contributed by atoms with Crippen LogP contribution in [0, 0.1) is 0 Å². The highest BCUT2D eigenvalue weighted by atomic mass is 16.3. The number of nitrogens with zero attached hydrogens (tertiary/aromatic N) is 4. The second-order valence-electron chi connectivity index (χ2n) is 24.4. The minimum absolute atomic E-state index is 0.0583. The van der Waals surface area contributed by atoms with Gasteiger partial charge in [-0.05, 0) is 138 Å². The predicted octanol–water partition coefficient (Wildman–Crippen LogP) is 19.2. The Hall–Kier alpha value is -9.52. The maximum absolute atomic E-state index is 6.62. The average molecular weight is 1030 g/mol. The molecule has 0 atom stereocenters. The number of rotatable bonds is 6. The standard InChI is InChI=1S/C74H56N4O2/c1-73(2,3)43-31-35-55-53(39-43)69-59(75(45-19-9-7-10-20-45)57-25-17-29-65-67(57)49-23-13-15-27-63(49)79-65)37-33-47-51-42-62-52(41-61(51)77(55)71(47)69)48-34-38-60(70-54-40-44(74(4,5)6)32-36-56(54)78(62)72(48)70)76(46-21-11-8-12-22-46)58-26-18-30-66-68(58)50-24-14-16-28-64(50)80-66/h7-17,19-25,27-42H,18,26H2,1-6H3. The predicted molar refractivity (Wildman–Crippen MR) is 336 cm³/mol. The molecule has 6 heterocycles. The molecule has 6 aromatic heterocycles. The monoisotopic (exact) mass is 1030 g/mol. The van der Waals surface area contributed by atoms with Crippen molar-refractivity contribution in [2.45, 2.75) is 65.2 Å². The van der Waals surface area contributed by atoms with Gasteiger partial charge in [0.05, 0.1) is 55.5 Å². The van der Waals surface area contributed by atoms with Crippen molar-refractivity contribution < 1.29 is 8.83 Å². The largest absolute Gasteiger partial charge is 0.456 e. The summed E-state index contributed by atoms with van der Waals surface area (Å²) < 4.78 is 18.4. The maximum atomic E-state index is 6.62. The van der Waals surface area contributed by atoms with Crippen LogP contribution in [-0.2, 0) is 10.8 Å². The van der Waals surface area contributed by atoms with Gasteiger partial charge < -0.3 is 27.4 Å². The van der Waals surface area contributed by atoms with Crippen LogP contribution in [0.3, 0.4) is 0 Å². The van der Waals surface area contributed by atoms with Crippen molar-refractivity contribution in [1.29, 1.82) is 0 Å². The molecule has 1 aliphatic rings. The third kappa shape index (κ3) is 6.19. The van der Waals surface area contributed by atoms with Gasteiger partial charge in [0.2, 0.25) is 0 Å². The van der Waals surface area contributed by atoms with Crippen LogP contribution in [0.5, 0.6) is 0 Å². The lowest BCUT2D eigenvalue weighted by Gasteiger charge is -2.30. The van der Waals surface area contributed by atoms with E-state index in [2.05, 4.69) is 266 Å². The molecule has 10 aromatic carbocycles. The van der Waals surface area contributed by atoms with Gasteiger partial charge in [0.1, 0.15) is 22.2 Å². The van der Waals surface area contributed by atoms with Crippen molar-refractivity contribution in [3.8, 4) is 0 Å². The smallest absolute Gasteiger partial charge is 0.137 e. The second-order valence-corrected chi connectivity index (χ2v) is 24.4. The van der Waals surface area contributed by atoms with Crippen molar-refractivity contribution >= 4 is 149 Å². The van der Waals surface area contributed by atoms with Crippen molar-refractivity contribution in [3.05, 3.63) is 222 Å². The second kappa shape index (κ2) is 16.1. The lowest BCUT2D eigenvalue weighted by molar-refractivity contribution is 0.570. The number of hydrogen-bond donors (Lipinski definition) is 0. The Balaban J connectivity index is 0.990. The summed E-state index contributed by atoms with van der Waals surface area (Å²) in [5.41, 5.74) is 20.3. The van der Waals surface area contributed by atoms with Gasteiger partial charge >= 0.3 is 0 Å². The lowest BCUT2D eigenvalue weighted by atomic mass is 9.86. The highest BCUT2D eigenvalue weighted by Crippen LogP contribution is 2.53. The van der Waals surface area contributed by atoms with Gasteiger partial charge in [0.25, 0.3) is 0 Å². The van der Waals surface area contributed by atoms with E-state index in [1.165, 1.54) is 104 Å². The molecule has 0 fully saturated rings. The summed E-state index contributed by atoms with van der Waals surface area (Å²) in [6.45, 7) is 13.9. The number of fused-ring (bicyclic) bond motifs is 18. The number of benzene rings is 10. The minimum atomic E-state index is -0.0658. The van der Waals surface area contributed by atoms with E-state index in [4.69, 9.17) is 8.83 Å². The number of aromatic nitrogens is 2. The molecule has 0 amide bonds. The van der Waals surface area contributed by atoms with Gasteiger partial charge in [0, 0.05) is 76.2 Å². The fourth-order valence-electron chi connectivity index (χ4n) is 14.0. The summed E-state index contributed by atoms with van der Waals surface area (Å²) >= 11 is 0. The molecule has 6 heteroatoms. The van der Waals surface area contributed by atoms with Gasteiger partial charge in [-0.3, -0.25) is 0 Å². The summed E-state index contributed by atoms with van der Waals surface area (Å²) in [6, 6.07) is 74.4. The van der Waals surface area contributed by atoms with E-state index >= 15 is 0 Å². The summed E-state index contributed by atoms with van der Waals surface area (Å²) in [4.78, 5) is 5.03. The molecule has 16 aromatic rings. The van der Waals surface area contributed by atoms with Crippen LogP contribution in [0.15, 0.2) is 209 Å². The van der Waals surface area contributed by atoms with Crippen LogP contribution in [-0.4, -0.2) is 8.80 Å². The van der Waals surface area contributed by atoms with E-state index in [9.17, 15) is 0 Å². The summed E-state index contributed by atoms with van der Waals surface area (Å²) in [5.74, 6) is 0. The number of furan rings is 2. The van der Waals surface area contributed by atoms with Gasteiger partial charge in [-0.25, -0.2) is 0 Å². The van der Waals surface area contributed by atoms with Gasteiger partial charge in [-0.15, -0.1) is 0 Å². The van der Waals surface area contributed by atoms with Crippen molar-refractivity contribution in [2.24, 2.45) is 0 Å². The Bertz CT molecular complexity index is 5390. The first-order valence-corrected chi connectivity index (χ1v) is 28.2. The van der Waals surface area contributed by atoms with Gasteiger partial charge in [-0.1, -0.05) is 145 Å². The summed E-state index contributed by atoms with van der Waals surface area (Å²) in [5, 5.41) is 14.5. The van der Waals surface area contributed by atoms with Crippen LogP contribution in [0.25, 0.3) is 121 Å². The molecule has 0 radical (unpaired) electrons. The highest BCUT2D eigenvalue weighted by molar-refractivity contribution is 6.32. The van der Waals surface area contributed by atoms with E-state index in [0.29, 0.717) is 0 Å². The molecular formula is C74H56N4O2. The Morgan fingerprint density at radius 3 is 1.46 bits per heavy atom. The molecule has 0 saturated heterocycles. The zero-order valence-electron chi connectivity index (χ0n) is 45.6. The maximum Gasteiger partial charge on any atom is 0.137 e. The molecule has 0 N–H and O–H groups in total. The summed E-state index contributed by atoms with van der Waals surface area (Å²) in [7, 11) is 0. The Morgan fingerprint density at radius 2 is 0.875 bits per heavy atom. The number of para-hydroxylation sites is 4. The molecule has 6 nitrogen and oxygen atoms in total. The first-order valence-electron chi connectivity index (χ1n) is 28.2.